The lowest BCUT2D eigenvalue weighted by atomic mass is 10.1. The van der Waals surface area contributed by atoms with Gasteiger partial charge in [-0.15, -0.1) is 0 Å². The average molecular weight is 197 g/mol. The highest BCUT2D eigenvalue weighted by molar-refractivity contribution is 5.85. The van der Waals surface area contributed by atoms with E-state index in [2.05, 4.69) is 0 Å². The van der Waals surface area contributed by atoms with Crippen molar-refractivity contribution in [2.45, 2.75) is 19.3 Å². The molecule has 0 aromatic carbocycles. The first-order valence-electron chi connectivity index (χ1n) is 5.08. The summed E-state index contributed by atoms with van der Waals surface area (Å²) in [7, 11) is 1.57. The van der Waals surface area contributed by atoms with Crippen molar-refractivity contribution < 1.29 is 14.7 Å². The van der Waals surface area contributed by atoms with Crippen molar-refractivity contribution in [2.24, 2.45) is 17.8 Å². The first kappa shape index (κ1) is 9.49. The lowest BCUT2D eigenvalue weighted by Gasteiger charge is -2.15. The smallest absolute Gasteiger partial charge is 0.323 e. The lowest BCUT2D eigenvalue weighted by molar-refractivity contribution is -0.144. The van der Waals surface area contributed by atoms with Gasteiger partial charge in [0.2, 0.25) is 5.91 Å². The SMILES string of the molecule is CN(CC(=O)O)C(=O)C1C2CCCC21. The molecule has 0 saturated heterocycles. The van der Waals surface area contributed by atoms with Gasteiger partial charge < -0.3 is 10.0 Å². The average Bonchev–Trinajstić information content (AvgIpc) is 2.56. The van der Waals surface area contributed by atoms with Crippen LogP contribution in [0.5, 0.6) is 0 Å². The Morgan fingerprint density at radius 3 is 2.43 bits per heavy atom. The molecule has 1 amide bonds. The van der Waals surface area contributed by atoms with Gasteiger partial charge in [0.15, 0.2) is 0 Å². The molecular formula is C10H15NO3. The highest BCUT2D eigenvalue weighted by Crippen LogP contribution is 2.57. The molecule has 0 heterocycles. The third-order valence-corrected chi connectivity index (χ3v) is 3.44. The molecule has 4 heteroatoms. The van der Waals surface area contributed by atoms with E-state index in [1.807, 2.05) is 0 Å². The van der Waals surface area contributed by atoms with Crippen molar-refractivity contribution in [1.29, 1.82) is 0 Å². The quantitative estimate of drug-likeness (QED) is 0.719. The Hall–Kier alpha value is -1.06. The van der Waals surface area contributed by atoms with Gasteiger partial charge in [-0.05, 0) is 24.7 Å². The molecule has 78 valence electrons. The summed E-state index contributed by atoms with van der Waals surface area (Å²) in [6.45, 7) is -0.172. The monoisotopic (exact) mass is 197 g/mol. The Morgan fingerprint density at radius 1 is 1.36 bits per heavy atom. The van der Waals surface area contributed by atoms with Crippen LogP contribution in [0.4, 0.5) is 0 Å². The second-order valence-corrected chi connectivity index (χ2v) is 4.37. The molecule has 2 fully saturated rings. The van der Waals surface area contributed by atoms with Gasteiger partial charge in [-0.3, -0.25) is 9.59 Å². The molecular weight excluding hydrogens is 182 g/mol. The van der Waals surface area contributed by atoms with Crippen molar-refractivity contribution in [3.63, 3.8) is 0 Å². The van der Waals surface area contributed by atoms with Crippen LogP contribution < -0.4 is 0 Å². The molecule has 0 spiro atoms. The van der Waals surface area contributed by atoms with Gasteiger partial charge in [-0.25, -0.2) is 0 Å². The molecule has 2 atom stereocenters. The molecule has 14 heavy (non-hydrogen) atoms. The maximum absolute atomic E-state index is 11.7. The summed E-state index contributed by atoms with van der Waals surface area (Å²) in [5.41, 5.74) is 0. The molecule has 0 aromatic heterocycles. The van der Waals surface area contributed by atoms with Crippen LogP contribution in [-0.2, 0) is 9.59 Å². The fourth-order valence-electron chi connectivity index (χ4n) is 2.72. The van der Waals surface area contributed by atoms with Gasteiger partial charge in [-0.1, -0.05) is 6.42 Å². The number of nitrogens with zero attached hydrogens (tertiary/aromatic N) is 1. The maximum atomic E-state index is 11.7. The van der Waals surface area contributed by atoms with Crippen molar-refractivity contribution in [2.75, 3.05) is 13.6 Å². The van der Waals surface area contributed by atoms with E-state index >= 15 is 0 Å². The van der Waals surface area contributed by atoms with Crippen LogP contribution >= 0.6 is 0 Å². The Balaban J connectivity index is 1.87. The number of likely N-dealkylation sites (N-methyl/N-ethyl adjacent to an activating group) is 1. The fourth-order valence-corrected chi connectivity index (χ4v) is 2.72. The van der Waals surface area contributed by atoms with E-state index in [1.165, 1.54) is 11.3 Å². The van der Waals surface area contributed by atoms with E-state index in [0.29, 0.717) is 11.8 Å². The highest BCUT2D eigenvalue weighted by Gasteiger charge is 2.57. The van der Waals surface area contributed by atoms with E-state index in [4.69, 9.17) is 5.11 Å². The maximum Gasteiger partial charge on any atom is 0.323 e. The predicted molar refractivity (Wildman–Crippen MR) is 49.6 cm³/mol. The number of amides is 1. The van der Waals surface area contributed by atoms with E-state index in [0.717, 1.165) is 12.8 Å². The van der Waals surface area contributed by atoms with Gasteiger partial charge in [0.25, 0.3) is 0 Å². The molecule has 0 aliphatic heterocycles. The Bertz CT molecular complexity index is 267. The second kappa shape index (κ2) is 3.26. The minimum absolute atomic E-state index is 0.0297. The Kier molecular flexibility index (Phi) is 2.21. The number of aliphatic carboxylic acids is 1. The third kappa shape index (κ3) is 1.49. The number of carbonyl (C=O) groups excluding carboxylic acids is 1. The molecule has 2 aliphatic rings. The van der Waals surface area contributed by atoms with Crippen molar-refractivity contribution in [3.05, 3.63) is 0 Å². The van der Waals surface area contributed by atoms with Crippen LogP contribution in [0.15, 0.2) is 0 Å². The van der Waals surface area contributed by atoms with Crippen LogP contribution in [0.1, 0.15) is 19.3 Å². The van der Waals surface area contributed by atoms with Crippen LogP contribution in [0.2, 0.25) is 0 Å². The number of hydrogen-bond acceptors (Lipinski definition) is 2. The summed E-state index contributed by atoms with van der Waals surface area (Å²) in [6, 6.07) is 0. The van der Waals surface area contributed by atoms with Crippen molar-refractivity contribution in [1.82, 2.24) is 4.90 Å². The molecule has 4 nitrogen and oxygen atoms in total. The van der Waals surface area contributed by atoms with Gasteiger partial charge >= 0.3 is 5.97 Å². The number of carboxylic acids is 1. The normalized spacial score (nSPS) is 33.6. The predicted octanol–water partition coefficient (Wildman–Crippen LogP) is 0.575. The first-order valence-corrected chi connectivity index (χ1v) is 5.08. The van der Waals surface area contributed by atoms with Crippen molar-refractivity contribution >= 4 is 11.9 Å². The second-order valence-electron chi connectivity index (χ2n) is 4.37. The minimum atomic E-state index is -0.938. The summed E-state index contributed by atoms with van der Waals surface area (Å²) in [5.74, 6) is 0.374. The largest absolute Gasteiger partial charge is 0.480 e. The van der Waals surface area contributed by atoms with E-state index in [1.54, 1.807) is 7.05 Å². The number of carboxylic acid groups (broad SMARTS) is 1. The number of rotatable bonds is 3. The molecule has 2 unspecified atom stereocenters. The summed E-state index contributed by atoms with van der Waals surface area (Å²) in [6.07, 6.45) is 3.55. The van der Waals surface area contributed by atoms with Gasteiger partial charge in [-0.2, -0.15) is 0 Å². The van der Waals surface area contributed by atoms with E-state index in [9.17, 15) is 9.59 Å². The van der Waals surface area contributed by atoms with Crippen LogP contribution in [0, 0.1) is 17.8 Å². The highest BCUT2D eigenvalue weighted by atomic mass is 16.4. The fraction of sp³-hybridized carbons (Fsp3) is 0.800. The van der Waals surface area contributed by atoms with E-state index < -0.39 is 5.97 Å². The first-order chi connectivity index (χ1) is 6.61. The summed E-state index contributed by atoms with van der Waals surface area (Å²) >= 11 is 0. The summed E-state index contributed by atoms with van der Waals surface area (Å²) in [4.78, 5) is 23.5. The van der Waals surface area contributed by atoms with Gasteiger partial charge in [0.05, 0.1) is 0 Å². The van der Waals surface area contributed by atoms with Gasteiger partial charge in [0.1, 0.15) is 6.54 Å². The lowest BCUT2D eigenvalue weighted by Crippen LogP contribution is -2.34. The number of carbonyl (C=O) groups is 2. The molecule has 0 bridgehead atoms. The molecule has 1 N–H and O–H groups in total. The number of hydrogen-bond donors (Lipinski definition) is 1. The number of fused-ring (bicyclic) bond motifs is 1. The van der Waals surface area contributed by atoms with Crippen LogP contribution in [0.3, 0.4) is 0 Å². The minimum Gasteiger partial charge on any atom is -0.480 e. The Morgan fingerprint density at radius 2 is 1.93 bits per heavy atom. The Labute approximate surface area is 82.9 Å². The molecule has 2 aliphatic carbocycles. The molecule has 0 aromatic rings. The van der Waals surface area contributed by atoms with Gasteiger partial charge in [0, 0.05) is 13.0 Å². The van der Waals surface area contributed by atoms with Crippen molar-refractivity contribution in [3.8, 4) is 0 Å². The topological polar surface area (TPSA) is 57.6 Å². The molecule has 2 rings (SSSR count). The van der Waals surface area contributed by atoms with Crippen LogP contribution in [-0.4, -0.2) is 35.5 Å². The third-order valence-electron chi connectivity index (χ3n) is 3.44. The zero-order chi connectivity index (χ0) is 10.3. The zero-order valence-corrected chi connectivity index (χ0v) is 8.27. The molecule has 2 saturated carbocycles. The van der Waals surface area contributed by atoms with E-state index in [-0.39, 0.29) is 18.4 Å². The standard InChI is InChI=1S/C10H15NO3/c1-11(5-8(12)13)10(14)9-6-3-2-4-7(6)9/h6-7,9H,2-5H2,1H3,(H,12,13). The van der Waals surface area contributed by atoms with Crippen LogP contribution in [0.25, 0.3) is 0 Å². The zero-order valence-electron chi connectivity index (χ0n) is 8.27. The summed E-state index contributed by atoms with van der Waals surface area (Å²) in [5, 5.41) is 8.54. The summed E-state index contributed by atoms with van der Waals surface area (Å²) < 4.78 is 0. The molecule has 0 radical (unpaired) electrons.